The molecule has 26 heavy (non-hydrogen) atoms. The van der Waals surface area contributed by atoms with Crippen molar-refractivity contribution in [2.24, 2.45) is 0 Å². The van der Waals surface area contributed by atoms with E-state index in [9.17, 15) is 29.1 Å². The van der Waals surface area contributed by atoms with Gasteiger partial charge in [-0.15, -0.1) is 4.59 Å². The van der Waals surface area contributed by atoms with Crippen LogP contribution in [0.15, 0.2) is 0 Å². The normalized spacial score (nSPS) is 28.2. The zero-order valence-electron chi connectivity index (χ0n) is 14.9. The number of rotatable bonds is 4. The molecule has 1 unspecified atom stereocenters. The molecule has 144 valence electrons. The Labute approximate surface area is 155 Å². The van der Waals surface area contributed by atoms with E-state index in [2.05, 4.69) is 5.43 Å². The van der Waals surface area contributed by atoms with Gasteiger partial charge in [0.15, 0.2) is 0 Å². The number of likely N-dealkylation sites (tertiary alicyclic amines) is 2. The summed E-state index contributed by atoms with van der Waals surface area (Å²) in [5, 5.41) is 9.15. The molecule has 0 aromatic heterocycles. The van der Waals surface area contributed by atoms with Crippen molar-refractivity contribution in [2.45, 2.75) is 58.0 Å². The first-order valence-electron chi connectivity index (χ1n) is 8.60. The van der Waals surface area contributed by atoms with Crippen molar-refractivity contribution in [3.63, 3.8) is 0 Å². The smallest absolute Gasteiger partial charge is 0.434 e. The van der Waals surface area contributed by atoms with Gasteiger partial charge in [0, 0.05) is 38.4 Å². The summed E-state index contributed by atoms with van der Waals surface area (Å²) in [5.74, 6) is -1.09. The van der Waals surface area contributed by atoms with Crippen LogP contribution in [-0.2, 0) is 19.2 Å². The van der Waals surface area contributed by atoms with Gasteiger partial charge in [-0.2, -0.15) is 10.2 Å². The van der Waals surface area contributed by atoms with Crippen molar-refractivity contribution in [1.29, 1.82) is 0 Å². The molecule has 2 fully saturated rings. The summed E-state index contributed by atoms with van der Waals surface area (Å²) in [4.78, 5) is 60.1. The van der Waals surface area contributed by atoms with Crippen LogP contribution in [0.1, 0.15) is 46.0 Å². The number of hydrogen-bond donors (Lipinski definition) is 2. The van der Waals surface area contributed by atoms with E-state index in [1.54, 1.807) is 6.92 Å². The summed E-state index contributed by atoms with van der Waals surface area (Å²) >= 11 is 0.891. The molecule has 4 amide bonds. The Kier molecular flexibility index (Phi) is 6.40. The maximum absolute atomic E-state index is 12.2. The predicted octanol–water partition coefficient (Wildman–Crippen LogP) is 0.882. The Balaban J connectivity index is 1.84. The van der Waals surface area contributed by atoms with Gasteiger partial charge < -0.3 is 5.11 Å². The second kappa shape index (κ2) is 8.17. The van der Waals surface area contributed by atoms with Crippen molar-refractivity contribution in [2.75, 3.05) is 12.3 Å². The monoisotopic (exact) mass is 386 g/mol. The zero-order chi connectivity index (χ0) is 19.5. The molecule has 3 atom stereocenters. The molecule has 0 radical (unpaired) electrons. The van der Waals surface area contributed by atoms with Gasteiger partial charge in [0.25, 0.3) is 5.91 Å². The molecule has 9 nitrogen and oxygen atoms in total. The minimum atomic E-state index is -1.09. The number of nitrogens with zero attached hydrogens (tertiary/aromatic N) is 2. The van der Waals surface area contributed by atoms with Crippen LogP contribution in [0, 0.1) is 0 Å². The van der Waals surface area contributed by atoms with Crippen LogP contribution in [-0.4, -0.2) is 67.9 Å². The van der Waals surface area contributed by atoms with Gasteiger partial charge in [-0.3, -0.25) is 24.1 Å². The predicted molar refractivity (Wildman–Crippen MR) is 92.6 cm³/mol. The van der Waals surface area contributed by atoms with Crippen molar-refractivity contribution >= 4 is 40.7 Å². The zero-order valence-corrected chi connectivity index (χ0v) is 15.7. The van der Waals surface area contributed by atoms with Gasteiger partial charge in [0.1, 0.15) is 18.6 Å². The van der Waals surface area contributed by atoms with E-state index in [0.29, 0.717) is 13.0 Å². The quantitative estimate of drug-likeness (QED) is 0.688. The van der Waals surface area contributed by atoms with E-state index < -0.39 is 28.5 Å². The third kappa shape index (κ3) is 4.07. The molecule has 2 aliphatic rings. The number of carbonyl (C=O) groups is 5. The van der Waals surface area contributed by atoms with Gasteiger partial charge in [0.2, 0.25) is 16.9 Å². The maximum Gasteiger partial charge on any atom is 0.539 e. The molecule has 0 spiro atoms. The number of imide groups is 1. The summed E-state index contributed by atoms with van der Waals surface area (Å²) in [6.45, 7) is 3.37. The summed E-state index contributed by atoms with van der Waals surface area (Å²) < 4.78 is -0.479. The van der Waals surface area contributed by atoms with Crippen LogP contribution in [0.4, 0.5) is 4.79 Å². The van der Waals surface area contributed by atoms with Crippen LogP contribution in [0.3, 0.4) is 0 Å². The van der Waals surface area contributed by atoms with E-state index in [-0.39, 0.29) is 35.7 Å². The molecule has 0 aromatic rings. The third-order valence-corrected chi connectivity index (χ3v) is 5.91. The molecule has 2 aliphatic heterocycles. The summed E-state index contributed by atoms with van der Waals surface area (Å²) in [6.07, 6.45) is 0.791. The molecular formula is C16H24N3O6S+. The van der Waals surface area contributed by atoms with Crippen LogP contribution in [0.2, 0.25) is 0 Å². The third-order valence-electron chi connectivity index (χ3n) is 4.95. The highest BCUT2D eigenvalue weighted by Gasteiger charge is 2.48. The Hall–Kier alpha value is -1.94. The fourth-order valence-electron chi connectivity index (χ4n) is 3.50. The lowest BCUT2D eigenvalue weighted by molar-refractivity contribution is -0.902. The van der Waals surface area contributed by atoms with Crippen LogP contribution in [0.5, 0.6) is 0 Å². The highest BCUT2D eigenvalue weighted by atomic mass is 32.2. The van der Waals surface area contributed by atoms with Gasteiger partial charge in [-0.25, -0.2) is 0 Å². The number of carboxylic acid groups (broad SMARTS) is 1. The lowest BCUT2D eigenvalue weighted by atomic mass is 10.2. The van der Waals surface area contributed by atoms with Gasteiger partial charge in [0.05, 0.1) is 0 Å². The topological polar surface area (TPSA) is 121 Å². The molecule has 0 saturated carbocycles. The Morgan fingerprint density at radius 1 is 1.31 bits per heavy atom. The first-order valence-corrected chi connectivity index (χ1v) is 9.59. The van der Waals surface area contributed by atoms with Gasteiger partial charge >= 0.3 is 6.09 Å². The average molecular weight is 386 g/mol. The lowest BCUT2D eigenvalue weighted by Crippen LogP contribution is -2.64. The highest BCUT2D eigenvalue weighted by molar-refractivity contribution is 8.13. The second-order valence-electron chi connectivity index (χ2n) is 6.66. The summed E-state index contributed by atoms with van der Waals surface area (Å²) in [5.41, 5.74) is 2.57. The molecule has 2 saturated heterocycles. The van der Waals surface area contributed by atoms with Crippen molar-refractivity contribution in [1.82, 2.24) is 10.3 Å². The van der Waals surface area contributed by atoms with E-state index in [1.165, 1.54) is 6.92 Å². The molecule has 0 aromatic carbocycles. The molecule has 2 rings (SSSR count). The number of carbonyl (C=O) groups excluding carboxylic acids is 4. The van der Waals surface area contributed by atoms with E-state index in [4.69, 9.17) is 0 Å². The Morgan fingerprint density at radius 3 is 2.54 bits per heavy atom. The molecule has 2 N–H and O–H groups in total. The van der Waals surface area contributed by atoms with Crippen molar-refractivity contribution < 1.29 is 33.7 Å². The second-order valence-corrected chi connectivity index (χ2v) is 7.76. The average Bonchev–Trinajstić information content (AvgIpc) is 3.11. The molecular weight excluding hydrogens is 362 g/mol. The molecule has 0 bridgehead atoms. The highest BCUT2D eigenvalue weighted by Crippen LogP contribution is 2.26. The maximum atomic E-state index is 12.2. The van der Waals surface area contributed by atoms with Crippen molar-refractivity contribution in [3.05, 3.63) is 0 Å². The summed E-state index contributed by atoms with van der Waals surface area (Å²) in [7, 11) is 0. The number of hydrogen-bond acceptors (Lipinski definition) is 6. The first-order chi connectivity index (χ1) is 12.2. The number of amides is 4. The van der Waals surface area contributed by atoms with E-state index >= 15 is 0 Å². The molecule has 10 heteroatoms. The fourth-order valence-corrected chi connectivity index (χ4v) is 4.40. The van der Waals surface area contributed by atoms with E-state index in [1.807, 2.05) is 0 Å². The van der Waals surface area contributed by atoms with Gasteiger partial charge in [-0.1, -0.05) is 11.8 Å². The first kappa shape index (κ1) is 20.4. The lowest BCUT2D eigenvalue weighted by Gasteiger charge is -2.31. The summed E-state index contributed by atoms with van der Waals surface area (Å²) in [6, 6.07) is -0.983. The number of thioether (sulfide) groups is 1. The van der Waals surface area contributed by atoms with Crippen LogP contribution in [0.25, 0.3) is 0 Å². The van der Waals surface area contributed by atoms with E-state index in [0.717, 1.165) is 29.5 Å². The van der Waals surface area contributed by atoms with Crippen LogP contribution < -0.4 is 5.43 Å². The minimum absolute atomic E-state index is 0.0167. The Morgan fingerprint density at radius 2 is 2.00 bits per heavy atom. The fraction of sp³-hybridized carbons (Fsp3) is 0.688. The van der Waals surface area contributed by atoms with Gasteiger partial charge in [-0.05, 0) is 13.3 Å². The van der Waals surface area contributed by atoms with Crippen molar-refractivity contribution in [3.8, 4) is 0 Å². The molecule has 2 heterocycles. The largest absolute Gasteiger partial charge is 0.539 e. The molecule has 0 aliphatic carbocycles. The van der Waals surface area contributed by atoms with Crippen LogP contribution >= 0.6 is 11.8 Å². The Bertz CT molecular complexity index is 639. The number of quaternary nitrogens is 1. The minimum Gasteiger partial charge on any atom is -0.434 e. The standard InChI is InChI=1S/C16H23N3O6S/c1-10-4-3-8-19(10,16(24)25)17-13(21)7-9-26-15(23)12-5-6-14(22)18(12)11(2)20/h10,12H,3-9H2,1-2H3,(H-,17,21,24,25)/p+1/t10-,12+,19?/m1/s1. The number of nitrogens with one attached hydrogen (secondary N) is 1. The SMILES string of the molecule is CC(=O)N1C(=O)CC[C@H]1C(=O)SCCC(=O)N[N+]1(C(=O)O)CCC[C@H]1C.